The van der Waals surface area contributed by atoms with Crippen molar-refractivity contribution in [2.45, 2.75) is 0 Å². The molecule has 8 heteroatoms. The van der Waals surface area contributed by atoms with Crippen molar-refractivity contribution in [2.75, 3.05) is 0 Å². The Morgan fingerprint density at radius 1 is 1.35 bits per heavy atom. The summed E-state index contributed by atoms with van der Waals surface area (Å²) in [5.41, 5.74) is 0.771. The van der Waals surface area contributed by atoms with Crippen LogP contribution in [0, 0.1) is 0 Å². The number of aromatic nitrogens is 3. The molecule has 3 aromatic rings. The van der Waals surface area contributed by atoms with Gasteiger partial charge in [0.25, 0.3) is 0 Å². The first-order valence-electron chi connectivity index (χ1n) is 5.41. The van der Waals surface area contributed by atoms with E-state index in [2.05, 4.69) is 15.0 Å². The number of oxazole rings is 1. The number of para-hydroxylation sites is 1. The van der Waals surface area contributed by atoms with E-state index in [0.717, 1.165) is 6.20 Å². The zero-order chi connectivity index (χ0) is 14.1. The van der Waals surface area contributed by atoms with Crippen LogP contribution in [0.3, 0.4) is 0 Å². The van der Waals surface area contributed by atoms with Crippen LogP contribution in [0.4, 0.5) is 0 Å². The number of halogens is 1. The maximum Gasteiger partial charge on any atom is 0.342 e. The monoisotopic (exact) mass is 291 g/mol. The standard InChI is InChI=1S/C12H6ClN3O4/c13-12-14-4-6(11(17)18)10(16-12)20-8-3-1-2-7-9(8)15-5-19-7/h1-5H,(H,17,18). The molecule has 0 bridgehead atoms. The molecule has 1 aromatic carbocycles. The number of hydrogen-bond acceptors (Lipinski definition) is 6. The fourth-order valence-electron chi connectivity index (χ4n) is 1.62. The number of benzene rings is 1. The van der Waals surface area contributed by atoms with Gasteiger partial charge in [0.15, 0.2) is 23.2 Å². The van der Waals surface area contributed by atoms with Crippen LogP contribution in [-0.4, -0.2) is 26.0 Å². The highest BCUT2D eigenvalue weighted by Crippen LogP contribution is 2.29. The van der Waals surface area contributed by atoms with Crippen molar-refractivity contribution in [3.05, 3.63) is 41.6 Å². The summed E-state index contributed by atoms with van der Waals surface area (Å²) in [5.74, 6) is -1.06. The van der Waals surface area contributed by atoms with Crippen molar-refractivity contribution in [1.82, 2.24) is 15.0 Å². The van der Waals surface area contributed by atoms with E-state index < -0.39 is 5.97 Å². The Morgan fingerprint density at radius 3 is 3.00 bits per heavy atom. The lowest BCUT2D eigenvalue weighted by Crippen LogP contribution is -2.03. The van der Waals surface area contributed by atoms with Crippen molar-refractivity contribution in [3.63, 3.8) is 0 Å². The first kappa shape index (κ1) is 12.4. The molecule has 0 spiro atoms. The van der Waals surface area contributed by atoms with Crippen molar-refractivity contribution in [1.29, 1.82) is 0 Å². The van der Waals surface area contributed by atoms with Crippen LogP contribution < -0.4 is 4.74 Å². The topological polar surface area (TPSA) is 98.3 Å². The second-order valence-corrected chi connectivity index (χ2v) is 4.06. The average molecular weight is 292 g/mol. The Labute approximate surface area is 116 Å². The number of aromatic carboxylic acids is 1. The summed E-state index contributed by atoms with van der Waals surface area (Å²) in [7, 11) is 0. The quantitative estimate of drug-likeness (QED) is 0.741. The van der Waals surface area contributed by atoms with Crippen molar-refractivity contribution in [3.8, 4) is 11.6 Å². The van der Waals surface area contributed by atoms with E-state index in [4.69, 9.17) is 25.9 Å². The second kappa shape index (κ2) is 4.78. The van der Waals surface area contributed by atoms with Crippen LogP contribution in [0.2, 0.25) is 5.28 Å². The minimum Gasteiger partial charge on any atom is -0.477 e. The lowest BCUT2D eigenvalue weighted by Gasteiger charge is -2.07. The van der Waals surface area contributed by atoms with Crippen molar-refractivity contribution < 1.29 is 19.1 Å². The first-order chi connectivity index (χ1) is 9.65. The smallest absolute Gasteiger partial charge is 0.342 e. The van der Waals surface area contributed by atoms with Crippen LogP contribution in [0.15, 0.2) is 35.2 Å². The first-order valence-corrected chi connectivity index (χ1v) is 5.79. The number of rotatable bonds is 3. The third-order valence-electron chi connectivity index (χ3n) is 2.48. The molecule has 0 saturated heterocycles. The van der Waals surface area contributed by atoms with Gasteiger partial charge in [-0.1, -0.05) is 6.07 Å². The molecule has 7 nitrogen and oxygen atoms in total. The van der Waals surface area contributed by atoms with E-state index >= 15 is 0 Å². The SMILES string of the molecule is O=C(O)c1cnc(Cl)nc1Oc1cccc2ocnc12. The summed E-state index contributed by atoms with van der Waals surface area (Å²) in [6, 6.07) is 5.01. The molecule has 100 valence electrons. The number of fused-ring (bicyclic) bond motifs is 1. The summed E-state index contributed by atoms with van der Waals surface area (Å²) in [5, 5.41) is 8.96. The molecule has 0 unspecified atom stereocenters. The molecule has 0 saturated carbocycles. The highest BCUT2D eigenvalue weighted by atomic mass is 35.5. The highest BCUT2D eigenvalue weighted by molar-refractivity contribution is 6.28. The van der Waals surface area contributed by atoms with Gasteiger partial charge in [0.05, 0.1) is 6.20 Å². The lowest BCUT2D eigenvalue weighted by molar-refractivity contribution is 0.0693. The molecule has 0 fully saturated rings. The largest absolute Gasteiger partial charge is 0.477 e. The fourth-order valence-corrected chi connectivity index (χ4v) is 1.74. The molecule has 0 aliphatic heterocycles. The maximum atomic E-state index is 11.1. The summed E-state index contributed by atoms with van der Waals surface area (Å²) in [6.07, 6.45) is 2.35. The summed E-state index contributed by atoms with van der Waals surface area (Å²) in [4.78, 5) is 22.5. The van der Waals surface area contributed by atoms with E-state index in [-0.39, 0.29) is 16.7 Å². The molecule has 1 N–H and O–H groups in total. The van der Waals surface area contributed by atoms with Gasteiger partial charge in [-0.15, -0.1) is 0 Å². The Morgan fingerprint density at radius 2 is 2.20 bits per heavy atom. The zero-order valence-corrected chi connectivity index (χ0v) is 10.5. The summed E-state index contributed by atoms with van der Waals surface area (Å²) >= 11 is 5.66. The molecule has 0 aliphatic carbocycles. The van der Waals surface area contributed by atoms with Crippen LogP contribution in [-0.2, 0) is 0 Å². The van der Waals surface area contributed by atoms with Crippen LogP contribution >= 0.6 is 11.6 Å². The number of nitrogens with zero attached hydrogens (tertiary/aromatic N) is 3. The van der Waals surface area contributed by atoms with Crippen molar-refractivity contribution >= 4 is 28.7 Å². The molecule has 20 heavy (non-hydrogen) atoms. The molecular weight excluding hydrogens is 286 g/mol. The Hall–Kier alpha value is -2.67. The Bertz CT molecular complexity index is 802. The fraction of sp³-hybridized carbons (Fsp3) is 0. The van der Waals surface area contributed by atoms with Gasteiger partial charge in [0.2, 0.25) is 11.2 Å². The Balaban J connectivity index is 2.09. The van der Waals surface area contributed by atoms with Crippen LogP contribution in [0.5, 0.6) is 11.6 Å². The van der Waals surface area contributed by atoms with E-state index in [1.165, 1.54) is 6.39 Å². The predicted molar refractivity (Wildman–Crippen MR) is 68.1 cm³/mol. The van der Waals surface area contributed by atoms with Crippen LogP contribution in [0.25, 0.3) is 11.1 Å². The van der Waals surface area contributed by atoms with E-state index in [1.54, 1.807) is 18.2 Å². The predicted octanol–water partition coefficient (Wildman–Crippen LogP) is 2.76. The minimum absolute atomic E-state index is 0.114. The summed E-state index contributed by atoms with van der Waals surface area (Å²) in [6.45, 7) is 0. The number of carbonyl (C=O) groups is 1. The molecule has 0 radical (unpaired) electrons. The Kier molecular flexibility index (Phi) is 2.96. The number of carboxylic acids is 1. The third kappa shape index (κ3) is 2.14. The second-order valence-electron chi connectivity index (χ2n) is 3.72. The summed E-state index contributed by atoms with van der Waals surface area (Å²) < 4.78 is 10.6. The molecule has 2 heterocycles. The van der Waals surface area contributed by atoms with Gasteiger partial charge < -0.3 is 14.3 Å². The van der Waals surface area contributed by atoms with Gasteiger partial charge in [-0.2, -0.15) is 4.98 Å². The minimum atomic E-state index is -1.22. The van der Waals surface area contributed by atoms with Gasteiger partial charge in [0.1, 0.15) is 5.56 Å². The van der Waals surface area contributed by atoms with Gasteiger partial charge in [0, 0.05) is 0 Å². The number of ether oxygens (including phenoxy) is 1. The maximum absolute atomic E-state index is 11.1. The van der Waals surface area contributed by atoms with Gasteiger partial charge in [-0.05, 0) is 23.7 Å². The third-order valence-corrected chi connectivity index (χ3v) is 2.67. The van der Waals surface area contributed by atoms with Gasteiger partial charge in [-0.25, -0.2) is 14.8 Å². The van der Waals surface area contributed by atoms with Gasteiger partial charge in [-0.3, -0.25) is 0 Å². The molecular formula is C12H6ClN3O4. The zero-order valence-electron chi connectivity index (χ0n) is 9.78. The average Bonchev–Trinajstić information content (AvgIpc) is 2.88. The molecule has 0 atom stereocenters. The van der Waals surface area contributed by atoms with E-state index in [0.29, 0.717) is 16.8 Å². The highest BCUT2D eigenvalue weighted by Gasteiger charge is 2.17. The van der Waals surface area contributed by atoms with E-state index in [9.17, 15) is 4.79 Å². The molecule has 2 aromatic heterocycles. The molecule has 3 rings (SSSR count). The molecule has 0 aliphatic rings. The van der Waals surface area contributed by atoms with Crippen LogP contribution in [0.1, 0.15) is 10.4 Å². The lowest BCUT2D eigenvalue weighted by atomic mass is 10.3. The number of hydrogen-bond donors (Lipinski definition) is 1. The van der Waals surface area contributed by atoms with E-state index in [1.807, 2.05) is 0 Å². The number of carboxylic acid groups (broad SMARTS) is 1. The van der Waals surface area contributed by atoms with Gasteiger partial charge >= 0.3 is 5.97 Å². The molecule has 0 amide bonds. The van der Waals surface area contributed by atoms with Crippen molar-refractivity contribution in [2.24, 2.45) is 0 Å². The normalized spacial score (nSPS) is 10.7.